The van der Waals surface area contributed by atoms with Gasteiger partial charge in [-0.3, -0.25) is 15.4 Å². The van der Waals surface area contributed by atoms with Crippen molar-refractivity contribution < 1.29 is 10.5 Å². The summed E-state index contributed by atoms with van der Waals surface area (Å²) in [7, 11) is 0. The third-order valence-corrected chi connectivity index (χ3v) is 3.76. The first-order valence-corrected chi connectivity index (χ1v) is 7.32. The van der Waals surface area contributed by atoms with Crippen LogP contribution in [0.2, 0.25) is 0 Å². The zero-order valence-electron chi connectivity index (χ0n) is 12.2. The summed E-state index contributed by atoms with van der Waals surface area (Å²) >= 11 is 5.35. The number of carbonyl (C=O) groups excluding carboxylic acids is 1. The van der Waals surface area contributed by atoms with E-state index in [1.807, 2.05) is 53.6 Å². The first-order chi connectivity index (χ1) is 10.6. The highest BCUT2D eigenvalue weighted by atomic mass is 32.1. The number of Topliss-reactive ketones (excluding diaryl/α,β-unsaturated/α-hetero) is 1. The van der Waals surface area contributed by atoms with Crippen molar-refractivity contribution in [2.75, 3.05) is 4.90 Å². The smallest absolute Gasteiger partial charge is 0.276 e. The molecule has 0 aliphatic heterocycles. The molecule has 3 aromatic rings. The van der Waals surface area contributed by atoms with Crippen molar-refractivity contribution in [1.29, 1.82) is 0 Å². The number of benzene rings is 2. The number of thiocarbonyl (C=S) groups is 1. The van der Waals surface area contributed by atoms with E-state index in [1.165, 1.54) is 0 Å². The predicted octanol–water partition coefficient (Wildman–Crippen LogP) is 3.04. The largest absolute Gasteiger partial charge is 0.359 e. The van der Waals surface area contributed by atoms with Crippen LogP contribution in [0.25, 0.3) is 10.9 Å². The lowest BCUT2D eigenvalue weighted by Crippen LogP contribution is -2.63. The molecule has 0 radical (unpaired) electrons. The quantitative estimate of drug-likeness (QED) is 0.577. The Bertz CT molecular complexity index is 869. The molecule has 0 saturated heterocycles. The number of fused-ring (bicyclic) bond motifs is 1. The number of nitrogens with zero attached hydrogens (tertiary/aromatic N) is 1. The molecule has 4 N–H and O–H groups in total. The van der Waals surface area contributed by atoms with Gasteiger partial charge in [-0.2, -0.15) is 0 Å². The van der Waals surface area contributed by atoms with Gasteiger partial charge in [-0.15, -0.1) is 0 Å². The van der Waals surface area contributed by atoms with Crippen molar-refractivity contribution in [3.8, 4) is 0 Å². The number of hydrogen-bond donors (Lipinski definition) is 2. The lowest BCUT2D eigenvalue weighted by molar-refractivity contribution is -0.210. The highest BCUT2D eigenvalue weighted by Crippen LogP contribution is 2.34. The van der Waals surface area contributed by atoms with E-state index in [9.17, 15) is 4.79 Å². The topological polar surface area (TPSA) is 63.7 Å². The van der Waals surface area contributed by atoms with E-state index in [-0.39, 0.29) is 5.78 Å². The van der Waals surface area contributed by atoms with Gasteiger partial charge < -0.3 is 4.98 Å². The fraction of sp³-hybridized carbons (Fsp3) is 0.0588. The van der Waals surface area contributed by atoms with Gasteiger partial charge in [0.2, 0.25) is 0 Å². The van der Waals surface area contributed by atoms with Crippen LogP contribution >= 0.6 is 12.2 Å². The summed E-state index contributed by atoms with van der Waals surface area (Å²) in [6.45, 7) is 1.55. The molecular formula is C17H16N3OS+. The average molecular weight is 310 g/mol. The Kier molecular flexibility index (Phi) is 3.75. The number of hydrogen-bond acceptors (Lipinski definition) is 2. The van der Waals surface area contributed by atoms with E-state index in [0.717, 1.165) is 22.3 Å². The second-order valence-electron chi connectivity index (χ2n) is 5.02. The fourth-order valence-corrected chi connectivity index (χ4v) is 2.80. The number of quaternary nitrogens is 1. The molecular weight excluding hydrogens is 294 g/mol. The van der Waals surface area contributed by atoms with Gasteiger partial charge in [0, 0.05) is 34.9 Å². The summed E-state index contributed by atoms with van der Waals surface area (Å²) in [6, 6.07) is 15.4. The number of H-pyrrole nitrogens is 1. The second kappa shape index (κ2) is 5.71. The minimum Gasteiger partial charge on any atom is -0.359 e. The summed E-state index contributed by atoms with van der Waals surface area (Å²) in [5, 5.41) is 1.48. The Balaban J connectivity index is 2.24. The summed E-state index contributed by atoms with van der Waals surface area (Å²) in [4.78, 5) is 17.0. The van der Waals surface area contributed by atoms with Crippen molar-refractivity contribution in [3.05, 3.63) is 60.3 Å². The van der Waals surface area contributed by atoms with Crippen LogP contribution in [-0.4, -0.2) is 15.9 Å². The van der Waals surface area contributed by atoms with Crippen LogP contribution in [0.3, 0.4) is 0 Å². The molecule has 5 heteroatoms. The molecule has 0 fully saturated rings. The molecule has 2 aromatic carbocycles. The van der Waals surface area contributed by atoms with Gasteiger partial charge in [0.15, 0.2) is 5.78 Å². The second-order valence-corrected chi connectivity index (χ2v) is 5.49. The third-order valence-electron chi connectivity index (χ3n) is 3.58. The molecule has 22 heavy (non-hydrogen) atoms. The standard InChI is InChI=1S/C17H15N3OS/c1-11(21)12-6-3-5-9-15(12)20(17(18)22)16-10-19-14-8-4-2-7-13(14)16/h2-10,19H,1H3,(H2,18,22)/p+1. The maximum atomic E-state index is 11.9. The summed E-state index contributed by atoms with van der Waals surface area (Å²) in [6.07, 6.45) is 1.89. The van der Waals surface area contributed by atoms with E-state index in [2.05, 4.69) is 10.7 Å². The average Bonchev–Trinajstić information content (AvgIpc) is 2.92. The van der Waals surface area contributed by atoms with Crippen molar-refractivity contribution in [3.63, 3.8) is 0 Å². The lowest BCUT2D eigenvalue weighted by Gasteiger charge is -2.21. The van der Waals surface area contributed by atoms with Crippen molar-refractivity contribution in [1.82, 2.24) is 4.98 Å². The molecule has 0 atom stereocenters. The summed E-state index contributed by atoms with van der Waals surface area (Å²) in [5.74, 6) is -0.00306. The Labute approximate surface area is 133 Å². The Morgan fingerprint density at radius 2 is 1.77 bits per heavy atom. The third kappa shape index (κ3) is 2.41. The Morgan fingerprint density at radius 1 is 1.09 bits per heavy atom. The molecule has 110 valence electrons. The Morgan fingerprint density at radius 3 is 2.50 bits per heavy atom. The molecule has 0 unspecified atom stereocenters. The van der Waals surface area contributed by atoms with Crippen molar-refractivity contribution in [2.45, 2.75) is 6.92 Å². The maximum absolute atomic E-state index is 11.9. The molecule has 1 aromatic heterocycles. The zero-order valence-corrected chi connectivity index (χ0v) is 13.0. The normalized spacial score (nSPS) is 10.6. The molecule has 1 heterocycles. The molecule has 0 bridgehead atoms. The van der Waals surface area contributed by atoms with Crippen molar-refractivity contribution in [2.24, 2.45) is 0 Å². The van der Waals surface area contributed by atoms with Crippen LogP contribution in [0.15, 0.2) is 54.7 Å². The van der Waals surface area contributed by atoms with Crippen LogP contribution in [0.5, 0.6) is 0 Å². The number of para-hydroxylation sites is 2. The van der Waals surface area contributed by atoms with Crippen LogP contribution in [0.1, 0.15) is 17.3 Å². The SMILES string of the molecule is CC(=O)c1ccccc1N(C([NH3+])=S)c1c[nH]c2ccccc12. The molecule has 0 saturated carbocycles. The number of aromatic nitrogens is 1. The van der Waals surface area contributed by atoms with Gasteiger partial charge in [-0.25, -0.2) is 0 Å². The number of nitrogens with one attached hydrogen (secondary N) is 1. The first kappa shape index (κ1) is 14.4. The van der Waals surface area contributed by atoms with E-state index in [4.69, 9.17) is 12.2 Å². The fourth-order valence-electron chi connectivity index (χ4n) is 2.61. The van der Waals surface area contributed by atoms with E-state index < -0.39 is 0 Å². The Hall–Kier alpha value is -2.50. The van der Waals surface area contributed by atoms with Gasteiger partial charge >= 0.3 is 0 Å². The molecule has 4 nitrogen and oxygen atoms in total. The van der Waals surface area contributed by atoms with Crippen LogP contribution in [0, 0.1) is 0 Å². The number of carbonyl (C=O) groups is 1. The minimum absolute atomic E-state index is 0.00306. The van der Waals surface area contributed by atoms with E-state index in [1.54, 1.807) is 13.0 Å². The molecule has 0 spiro atoms. The first-order valence-electron chi connectivity index (χ1n) is 6.91. The van der Waals surface area contributed by atoms with Gasteiger partial charge in [0.05, 0.1) is 11.4 Å². The molecule has 3 rings (SSSR count). The van der Waals surface area contributed by atoms with E-state index in [0.29, 0.717) is 10.7 Å². The highest BCUT2D eigenvalue weighted by molar-refractivity contribution is 7.80. The number of ketones is 1. The minimum atomic E-state index is -0.00306. The van der Waals surface area contributed by atoms with Crippen LogP contribution in [0.4, 0.5) is 11.4 Å². The molecule has 0 aliphatic rings. The zero-order chi connectivity index (χ0) is 15.7. The van der Waals surface area contributed by atoms with Gasteiger partial charge in [-0.05, 0) is 25.1 Å². The van der Waals surface area contributed by atoms with Crippen LogP contribution in [-0.2, 0) is 0 Å². The van der Waals surface area contributed by atoms with Crippen molar-refractivity contribution >= 4 is 45.4 Å². The van der Waals surface area contributed by atoms with Gasteiger partial charge in [0.1, 0.15) is 0 Å². The number of rotatable bonds is 3. The predicted molar refractivity (Wildman–Crippen MR) is 92.4 cm³/mol. The summed E-state index contributed by atoms with van der Waals surface area (Å²) < 4.78 is 0. The van der Waals surface area contributed by atoms with Gasteiger partial charge in [0.25, 0.3) is 5.11 Å². The molecule has 0 aliphatic carbocycles. The number of aromatic amines is 1. The van der Waals surface area contributed by atoms with E-state index >= 15 is 0 Å². The van der Waals surface area contributed by atoms with Crippen LogP contribution < -0.4 is 10.6 Å². The number of anilines is 2. The highest BCUT2D eigenvalue weighted by Gasteiger charge is 2.22. The lowest BCUT2D eigenvalue weighted by atomic mass is 10.1. The monoisotopic (exact) mass is 310 g/mol. The van der Waals surface area contributed by atoms with Gasteiger partial charge in [-0.1, -0.05) is 30.3 Å². The molecule has 0 amide bonds. The maximum Gasteiger partial charge on any atom is 0.276 e. The summed E-state index contributed by atoms with van der Waals surface area (Å²) in [5.41, 5.74) is 7.19.